The lowest BCUT2D eigenvalue weighted by Gasteiger charge is -2.44. The van der Waals surface area contributed by atoms with Crippen molar-refractivity contribution in [2.24, 2.45) is 0 Å². The van der Waals surface area contributed by atoms with Crippen molar-refractivity contribution in [3.05, 3.63) is 112 Å². The highest BCUT2D eigenvalue weighted by atomic mass is 19.1. The Morgan fingerprint density at radius 2 is 1.79 bits per heavy atom. The first-order chi connectivity index (χ1) is 18.9. The van der Waals surface area contributed by atoms with Gasteiger partial charge in [0, 0.05) is 36.3 Å². The van der Waals surface area contributed by atoms with Crippen molar-refractivity contribution in [3.8, 4) is 0 Å². The van der Waals surface area contributed by atoms with E-state index in [1.807, 2.05) is 31.3 Å². The monoisotopic (exact) mass is 525 g/mol. The van der Waals surface area contributed by atoms with Gasteiger partial charge in [-0.2, -0.15) is 0 Å². The Morgan fingerprint density at radius 1 is 1.08 bits per heavy atom. The molecule has 1 heterocycles. The molecule has 0 radical (unpaired) electrons. The molecule has 2 N–H and O–H groups in total. The third-order valence-electron chi connectivity index (χ3n) is 7.64. The Labute approximate surface area is 228 Å². The van der Waals surface area contributed by atoms with Crippen LogP contribution in [-0.2, 0) is 11.2 Å². The zero-order valence-electron chi connectivity index (χ0n) is 22.3. The third-order valence-corrected chi connectivity index (χ3v) is 7.64. The summed E-state index contributed by atoms with van der Waals surface area (Å²) in [6.07, 6.45) is 9.45. The number of hydrogen-bond acceptors (Lipinski definition) is 4. The molecule has 1 unspecified atom stereocenters. The van der Waals surface area contributed by atoms with Crippen molar-refractivity contribution in [1.29, 1.82) is 5.41 Å². The molecule has 1 saturated carbocycles. The van der Waals surface area contributed by atoms with Gasteiger partial charge in [-0.3, -0.25) is 4.79 Å². The second kappa shape index (κ2) is 11.4. The molecule has 0 saturated heterocycles. The number of hydrogen-bond donors (Lipinski definition) is 2. The van der Waals surface area contributed by atoms with Crippen LogP contribution in [0, 0.1) is 17.0 Å². The van der Waals surface area contributed by atoms with Crippen molar-refractivity contribution in [1.82, 2.24) is 5.32 Å². The summed E-state index contributed by atoms with van der Waals surface area (Å²) in [5.74, 6) is -0.684. The number of carbonyl (C=O) groups excluding carboxylic acids is 1. The fraction of sp³-hybridized carbons (Fsp3) is 0.273. The van der Waals surface area contributed by atoms with Gasteiger partial charge in [0.05, 0.1) is 11.6 Å². The number of nitrogens with zero attached hydrogens (tertiary/aromatic N) is 1. The molecule has 0 spiro atoms. The Kier molecular flexibility index (Phi) is 7.73. The van der Waals surface area contributed by atoms with E-state index in [4.69, 9.17) is 5.41 Å². The zero-order chi connectivity index (χ0) is 27.5. The van der Waals surface area contributed by atoms with E-state index in [2.05, 4.69) is 41.4 Å². The first kappa shape index (κ1) is 26.5. The van der Waals surface area contributed by atoms with Gasteiger partial charge in [-0.25, -0.2) is 8.78 Å². The molecular formula is C33H33F2N3O. The van der Waals surface area contributed by atoms with E-state index in [0.29, 0.717) is 24.2 Å². The summed E-state index contributed by atoms with van der Waals surface area (Å²) in [6, 6.07) is 16.1. The lowest BCUT2D eigenvalue weighted by atomic mass is 9.82. The molecule has 1 fully saturated rings. The van der Waals surface area contributed by atoms with E-state index < -0.39 is 17.7 Å². The first-order valence-corrected chi connectivity index (χ1v) is 13.5. The Bertz CT molecular complexity index is 1420. The summed E-state index contributed by atoms with van der Waals surface area (Å²) < 4.78 is 31.6. The molecule has 2 aliphatic rings. The first-order valence-electron chi connectivity index (χ1n) is 13.5. The van der Waals surface area contributed by atoms with Gasteiger partial charge in [-0.15, -0.1) is 0 Å². The SMILES string of the molecule is CCN/C=C(\C=N)c1ccc2c(c1)C[C@@H](C)N(c1ccc(C3CC3)cc1)C2c1c(F)cc(/C=C/C=O)cc1F. The maximum atomic E-state index is 15.8. The maximum Gasteiger partial charge on any atom is 0.142 e. The summed E-state index contributed by atoms with van der Waals surface area (Å²) in [7, 11) is 0. The number of benzene rings is 3. The Hall–Kier alpha value is -4.06. The van der Waals surface area contributed by atoms with Crippen LogP contribution in [-0.4, -0.2) is 25.1 Å². The van der Waals surface area contributed by atoms with E-state index in [1.54, 1.807) is 0 Å². The Balaban J connectivity index is 1.65. The fourth-order valence-electron chi connectivity index (χ4n) is 5.62. The molecule has 1 aliphatic heterocycles. The average molecular weight is 526 g/mol. The Morgan fingerprint density at radius 3 is 2.41 bits per heavy atom. The topological polar surface area (TPSA) is 56.2 Å². The van der Waals surface area contributed by atoms with Gasteiger partial charge < -0.3 is 15.6 Å². The van der Waals surface area contributed by atoms with E-state index in [0.717, 1.165) is 34.5 Å². The molecule has 0 bridgehead atoms. The van der Waals surface area contributed by atoms with Crippen molar-refractivity contribution < 1.29 is 13.6 Å². The second-order valence-electron chi connectivity index (χ2n) is 10.3. The number of anilines is 1. The zero-order valence-corrected chi connectivity index (χ0v) is 22.3. The predicted octanol–water partition coefficient (Wildman–Crippen LogP) is 7.19. The fourth-order valence-corrected chi connectivity index (χ4v) is 5.62. The molecule has 0 amide bonds. The van der Waals surface area contributed by atoms with Crippen molar-refractivity contribution in [2.75, 3.05) is 11.4 Å². The highest BCUT2D eigenvalue weighted by molar-refractivity contribution is 6.08. The van der Waals surface area contributed by atoms with Crippen LogP contribution in [0.3, 0.4) is 0 Å². The summed E-state index contributed by atoms with van der Waals surface area (Å²) in [5, 5.41) is 11.0. The van der Waals surface area contributed by atoms with Crippen LogP contribution in [0.4, 0.5) is 14.5 Å². The highest BCUT2D eigenvalue weighted by Gasteiger charge is 2.37. The van der Waals surface area contributed by atoms with E-state index in [9.17, 15) is 4.79 Å². The minimum absolute atomic E-state index is 0.0134. The van der Waals surface area contributed by atoms with Gasteiger partial charge in [0.25, 0.3) is 0 Å². The summed E-state index contributed by atoms with van der Waals surface area (Å²) in [6.45, 7) is 4.82. The largest absolute Gasteiger partial charge is 0.391 e. The van der Waals surface area contributed by atoms with Gasteiger partial charge in [0.1, 0.15) is 17.9 Å². The number of halogens is 2. The lowest BCUT2D eigenvalue weighted by Crippen LogP contribution is -2.43. The smallest absolute Gasteiger partial charge is 0.142 e. The van der Waals surface area contributed by atoms with Gasteiger partial charge >= 0.3 is 0 Å². The van der Waals surface area contributed by atoms with Crippen molar-refractivity contribution >= 4 is 29.8 Å². The molecule has 4 nitrogen and oxygen atoms in total. The van der Waals surface area contributed by atoms with Crippen LogP contribution in [0.25, 0.3) is 11.6 Å². The van der Waals surface area contributed by atoms with Crippen LogP contribution >= 0.6 is 0 Å². The minimum atomic E-state index is -0.685. The predicted molar refractivity (Wildman–Crippen MR) is 154 cm³/mol. The van der Waals surface area contributed by atoms with E-state index in [-0.39, 0.29) is 11.6 Å². The van der Waals surface area contributed by atoms with Crippen molar-refractivity contribution in [3.63, 3.8) is 0 Å². The molecule has 2 atom stereocenters. The van der Waals surface area contributed by atoms with Crippen LogP contribution < -0.4 is 10.2 Å². The number of nitrogens with one attached hydrogen (secondary N) is 2. The third kappa shape index (κ3) is 5.42. The van der Waals surface area contributed by atoms with Crippen LogP contribution in [0.15, 0.2) is 66.9 Å². The number of aldehydes is 1. The molecular weight excluding hydrogens is 492 g/mol. The number of fused-ring (bicyclic) bond motifs is 1. The molecule has 0 aromatic heterocycles. The summed E-state index contributed by atoms with van der Waals surface area (Å²) >= 11 is 0. The molecule has 1 aliphatic carbocycles. The molecule has 6 heteroatoms. The normalized spacial score (nSPS) is 19.2. The number of rotatable bonds is 9. The molecule has 5 rings (SSSR count). The van der Waals surface area contributed by atoms with E-state index in [1.165, 1.54) is 48.9 Å². The summed E-state index contributed by atoms with van der Waals surface area (Å²) in [4.78, 5) is 12.9. The molecule has 3 aromatic carbocycles. The van der Waals surface area contributed by atoms with Gasteiger partial charge in [-0.05, 0) is 97.2 Å². The minimum Gasteiger partial charge on any atom is -0.391 e. The summed E-state index contributed by atoms with van der Waals surface area (Å²) in [5.41, 5.74) is 5.97. The molecule has 3 aromatic rings. The van der Waals surface area contributed by atoms with E-state index >= 15 is 8.78 Å². The van der Waals surface area contributed by atoms with Crippen molar-refractivity contribution in [2.45, 2.75) is 51.1 Å². The van der Waals surface area contributed by atoms with Gasteiger partial charge in [0.15, 0.2) is 0 Å². The quantitative estimate of drug-likeness (QED) is 0.177. The molecule has 39 heavy (non-hydrogen) atoms. The van der Waals surface area contributed by atoms with Crippen LogP contribution in [0.5, 0.6) is 0 Å². The number of carbonyl (C=O) groups is 1. The second-order valence-corrected chi connectivity index (χ2v) is 10.3. The standard InChI is InChI=1S/C33H33F2N3O/c1-3-37-20-27(19-36)25-10-13-29-26(18-25)15-21(2)38(28-11-8-24(9-12-28)23-6-7-23)33(29)32-30(34)16-22(5-4-14-39)17-31(32)35/h4-5,8-14,16-21,23,33,36-37H,3,6-7,15H2,1-2H3/b5-4+,27-20+,36-19?/t21-,33?/m1/s1. The highest BCUT2D eigenvalue weighted by Crippen LogP contribution is 2.45. The van der Waals surface area contributed by atoms with Gasteiger partial charge in [0.2, 0.25) is 0 Å². The average Bonchev–Trinajstić information content (AvgIpc) is 3.78. The number of allylic oxidation sites excluding steroid dienone is 2. The molecule has 200 valence electrons. The van der Waals surface area contributed by atoms with Crippen LogP contribution in [0.2, 0.25) is 0 Å². The van der Waals surface area contributed by atoms with Gasteiger partial charge in [-0.1, -0.05) is 36.4 Å². The maximum absolute atomic E-state index is 15.8. The van der Waals surface area contributed by atoms with Crippen LogP contribution in [0.1, 0.15) is 72.0 Å². The lowest BCUT2D eigenvalue weighted by molar-refractivity contribution is -0.104.